The highest BCUT2D eigenvalue weighted by atomic mass is 32.2. The van der Waals surface area contributed by atoms with Gasteiger partial charge in [-0.3, -0.25) is 9.00 Å². The van der Waals surface area contributed by atoms with Crippen LogP contribution in [0.4, 0.5) is 0 Å². The van der Waals surface area contributed by atoms with Gasteiger partial charge in [-0.15, -0.1) is 0 Å². The van der Waals surface area contributed by atoms with E-state index in [0.717, 1.165) is 12.8 Å². The summed E-state index contributed by atoms with van der Waals surface area (Å²) in [4.78, 5) is 22.0. The third kappa shape index (κ3) is 5.69. The molecule has 2 N–H and O–H groups in total. The number of carbonyl (C=O) groups is 2. The SMILES string of the molecule is CCCCNC(=O)CS(=O)Cc1ccc(C(=O)O)o1. The number of furan rings is 1. The maximum absolute atomic E-state index is 11.7. The van der Waals surface area contributed by atoms with Crippen molar-refractivity contribution in [1.29, 1.82) is 0 Å². The Hall–Kier alpha value is -1.63. The van der Waals surface area contributed by atoms with Gasteiger partial charge in [-0.25, -0.2) is 4.79 Å². The van der Waals surface area contributed by atoms with Crippen LogP contribution in [-0.2, 0) is 21.3 Å². The standard InChI is InChI=1S/C12H17NO5S/c1-2-3-6-13-11(14)8-19(17)7-9-4-5-10(18-9)12(15)16/h4-5H,2-3,6-8H2,1H3,(H,13,14)(H,15,16). The van der Waals surface area contributed by atoms with Crippen molar-refractivity contribution in [3.63, 3.8) is 0 Å². The van der Waals surface area contributed by atoms with Gasteiger partial charge in [-0.1, -0.05) is 13.3 Å². The van der Waals surface area contributed by atoms with E-state index in [-0.39, 0.29) is 23.2 Å². The fraction of sp³-hybridized carbons (Fsp3) is 0.500. The van der Waals surface area contributed by atoms with E-state index in [9.17, 15) is 13.8 Å². The summed E-state index contributed by atoms with van der Waals surface area (Å²) < 4.78 is 16.6. The Labute approximate surface area is 113 Å². The highest BCUT2D eigenvalue weighted by Crippen LogP contribution is 2.10. The van der Waals surface area contributed by atoms with E-state index in [0.29, 0.717) is 12.3 Å². The molecule has 0 aliphatic rings. The quantitative estimate of drug-likeness (QED) is 0.699. The lowest BCUT2D eigenvalue weighted by molar-refractivity contribution is -0.118. The van der Waals surface area contributed by atoms with Crippen molar-refractivity contribution < 1.29 is 23.3 Å². The molecular formula is C12H17NO5S. The van der Waals surface area contributed by atoms with Gasteiger partial charge in [-0.05, 0) is 18.6 Å². The predicted octanol–water partition coefficient (Wildman–Crippen LogP) is 1.14. The molecule has 0 radical (unpaired) electrons. The summed E-state index contributed by atoms with van der Waals surface area (Å²) in [6.45, 7) is 2.59. The van der Waals surface area contributed by atoms with Crippen LogP contribution in [0.25, 0.3) is 0 Å². The molecule has 1 rings (SSSR count). The van der Waals surface area contributed by atoms with Crippen molar-refractivity contribution >= 4 is 22.7 Å². The number of carboxylic acids is 1. The number of carbonyl (C=O) groups excluding carboxylic acids is 1. The molecular weight excluding hydrogens is 270 g/mol. The van der Waals surface area contributed by atoms with Crippen molar-refractivity contribution in [3.8, 4) is 0 Å². The summed E-state index contributed by atoms with van der Waals surface area (Å²) >= 11 is 0. The molecule has 0 spiro atoms. The molecule has 7 heteroatoms. The molecule has 0 aliphatic carbocycles. The second-order valence-electron chi connectivity index (χ2n) is 4.00. The Morgan fingerprint density at radius 3 is 2.74 bits per heavy atom. The van der Waals surface area contributed by atoms with Crippen LogP contribution in [0.1, 0.15) is 36.1 Å². The number of amides is 1. The number of hydrogen-bond donors (Lipinski definition) is 2. The van der Waals surface area contributed by atoms with Gasteiger partial charge in [0, 0.05) is 17.3 Å². The second kappa shape index (κ2) is 7.73. The average Bonchev–Trinajstić information content (AvgIpc) is 2.77. The largest absolute Gasteiger partial charge is 0.475 e. The maximum atomic E-state index is 11.7. The number of unbranched alkanes of at least 4 members (excludes halogenated alkanes) is 1. The van der Waals surface area contributed by atoms with Crippen LogP contribution in [0.5, 0.6) is 0 Å². The maximum Gasteiger partial charge on any atom is 0.371 e. The molecule has 1 amide bonds. The molecule has 0 aromatic carbocycles. The molecule has 6 nitrogen and oxygen atoms in total. The molecule has 19 heavy (non-hydrogen) atoms. The summed E-state index contributed by atoms with van der Waals surface area (Å²) in [7, 11) is -1.41. The lowest BCUT2D eigenvalue weighted by atomic mass is 10.3. The van der Waals surface area contributed by atoms with Crippen LogP contribution in [-0.4, -0.2) is 33.5 Å². The van der Waals surface area contributed by atoms with Gasteiger partial charge in [-0.2, -0.15) is 0 Å². The van der Waals surface area contributed by atoms with Gasteiger partial charge >= 0.3 is 5.97 Å². The first-order chi connectivity index (χ1) is 9.02. The second-order valence-corrected chi connectivity index (χ2v) is 5.46. The molecule has 0 saturated heterocycles. The first-order valence-corrected chi connectivity index (χ1v) is 7.45. The zero-order valence-electron chi connectivity index (χ0n) is 10.7. The molecule has 106 valence electrons. The van der Waals surface area contributed by atoms with E-state index in [2.05, 4.69) is 5.32 Å². The van der Waals surface area contributed by atoms with Crippen LogP contribution in [0.2, 0.25) is 0 Å². The molecule has 0 fully saturated rings. The van der Waals surface area contributed by atoms with Crippen molar-refractivity contribution in [2.24, 2.45) is 0 Å². The fourth-order valence-electron chi connectivity index (χ4n) is 1.38. The summed E-state index contributed by atoms with van der Waals surface area (Å²) in [6.07, 6.45) is 1.87. The van der Waals surface area contributed by atoms with Gasteiger partial charge in [0.05, 0.1) is 5.75 Å². The average molecular weight is 287 g/mol. The highest BCUT2D eigenvalue weighted by molar-refractivity contribution is 7.84. The van der Waals surface area contributed by atoms with Gasteiger partial charge in [0.25, 0.3) is 0 Å². The van der Waals surface area contributed by atoms with E-state index in [1.54, 1.807) is 0 Å². The number of rotatable bonds is 8. The summed E-state index contributed by atoms with van der Waals surface area (Å²) in [5, 5.41) is 11.3. The molecule has 1 unspecified atom stereocenters. The van der Waals surface area contributed by atoms with E-state index in [1.807, 2.05) is 6.92 Å². The van der Waals surface area contributed by atoms with Crippen LogP contribution in [0, 0.1) is 0 Å². The number of nitrogens with one attached hydrogen (secondary N) is 1. The monoisotopic (exact) mass is 287 g/mol. The Morgan fingerprint density at radius 2 is 2.16 bits per heavy atom. The van der Waals surface area contributed by atoms with Crippen LogP contribution < -0.4 is 5.32 Å². The van der Waals surface area contributed by atoms with Gasteiger partial charge < -0.3 is 14.8 Å². The molecule has 1 aromatic heterocycles. The third-order valence-corrected chi connectivity index (χ3v) is 3.51. The minimum absolute atomic E-state index is 0.0362. The summed E-state index contributed by atoms with van der Waals surface area (Å²) in [5.74, 6) is -1.40. The number of hydrogen-bond acceptors (Lipinski definition) is 4. The number of carboxylic acid groups (broad SMARTS) is 1. The molecule has 1 atom stereocenters. The lowest BCUT2D eigenvalue weighted by Crippen LogP contribution is -2.29. The van der Waals surface area contributed by atoms with Crippen molar-refractivity contribution in [1.82, 2.24) is 5.32 Å². The predicted molar refractivity (Wildman–Crippen MR) is 70.3 cm³/mol. The Morgan fingerprint density at radius 1 is 1.42 bits per heavy atom. The van der Waals surface area contributed by atoms with E-state index in [4.69, 9.17) is 9.52 Å². The third-order valence-electron chi connectivity index (χ3n) is 2.32. The zero-order chi connectivity index (χ0) is 14.3. The van der Waals surface area contributed by atoms with Crippen molar-refractivity contribution in [3.05, 3.63) is 23.7 Å². The first kappa shape index (κ1) is 15.4. The van der Waals surface area contributed by atoms with Gasteiger partial charge in [0.1, 0.15) is 11.5 Å². The Balaban J connectivity index is 2.37. The van der Waals surface area contributed by atoms with E-state index >= 15 is 0 Å². The molecule has 1 heterocycles. The smallest absolute Gasteiger partial charge is 0.371 e. The van der Waals surface area contributed by atoms with Crippen LogP contribution in [0.15, 0.2) is 16.5 Å². The molecule has 0 saturated carbocycles. The van der Waals surface area contributed by atoms with Gasteiger partial charge in [0.2, 0.25) is 11.7 Å². The first-order valence-electron chi connectivity index (χ1n) is 5.96. The number of aromatic carboxylic acids is 1. The topological polar surface area (TPSA) is 96.6 Å². The van der Waals surface area contributed by atoms with Gasteiger partial charge in [0.15, 0.2) is 0 Å². The minimum Gasteiger partial charge on any atom is -0.475 e. The Bertz CT molecular complexity index is 468. The molecule has 1 aromatic rings. The zero-order valence-corrected chi connectivity index (χ0v) is 11.5. The van der Waals surface area contributed by atoms with E-state index < -0.39 is 16.8 Å². The fourth-order valence-corrected chi connectivity index (χ4v) is 2.35. The van der Waals surface area contributed by atoms with Crippen LogP contribution in [0.3, 0.4) is 0 Å². The van der Waals surface area contributed by atoms with Crippen LogP contribution >= 0.6 is 0 Å². The molecule has 0 bridgehead atoms. The van der Waals surface area contributed by atoms with E-state index in [1.165, 1.54) is 12.1 Å². The highest BCUT2D eigenvalue weighted by Gasteiger charge is 2.13. The minimum atomic E-state index is -1.41. The molecule has 0 aliphatic heterocycles. The summed E-state index contributed by atoms with van der Waals surface area (Å²) in [5.41, 5.74) is 0. The Kier molecular flexibility index (Phi) is 6.27. The van der Waals surface area contributed by atoms with Crippen molar-refractivity contribution in [2.45, 2.75) is 25.5 Å². The normalized spacial score (nSPS) is 12.1. The lowest BCUT2D eigenvalue weighted by Gasteiger charge is -2.03. The van der Waals surface area contributed by atoms with Crippen molar-refractivity contribution in [2.75, 3.05) is 12.3 Å². The summed E-state index contributed by atoms with van der Waals surface area (Å²) in [6, 6.07) is 2.76.